The van der Waals surface area contributed by atoms with Gasteiger partial charge in [0, 0.05) is 4.47 Å². The summed E-state index contributed by atoms with van der Waals surface area (Å²) in [6, 6.07) is 11.3. The molecule has 5 nitrogen and oxygen atoms in total. The molecule has 1 N–H and O–H groups in total. The van der Waals surface area contributed by atoms with Crippen LogP contribution in [0.4, 0.5) is 0 Å². The predicted molar refractivity (Wildman–Crippen MR) is 78.0 cm³/mol. The highest BCUT2D eigenvalue weighted by molar-refractivity contribution is 9.10. The molecule has 0 fully saturated rings. The number of hydrogen-bond donors (Lipinski definition) is 1. The van der Waals surface area contributed by atoms with E-state index < -0.39 is 10.1 Å². The molecule has 3 rings (SSSR count). The van der Waals surface area contributed by atoms with Crippen LogP contribution in [0.1, 0.15) is 0 Å². The third kappa shape index (κ3) is 2.54. The van der Waals surface area contributed by atoms with Gasteiger partial charge in [0.2, 0.25) is 0 Å². The second-order valence-electron chi connectivity index (χ2n) is 4.08. The van der Waals surface area contributed by atoms with Gasteiger partial charge in [-0.15, -0.1) is 0 Å². The van der Waals surface area contributed by atoms with Crippen LogP contribution < -0.4 is 4.18 Å². The molecule has 0 aliphatic carbocycles. The SMILES string of the molecule is O=S(=O)(Oc1cccc(Br)c1)c1ccc2nc[nH]c2c1. The predicted octanol–water partition coefficient (Wildman–Crippen LogP) is 3.09. The molecule has 2 aromatic carbocycles. The van der Waals surface area contributed by atoms with Gasteiger partial charge >= 0.3 is 10.1 Å². The van der Waals surface area contributed by atoms with E-state index in [1.165, 1.54) is 18.5 Å². The van der Waals surface area contributed by atoms with E-state index in [0.717, 1.165) is 4.47 Å². The monoisotopic (exact) mass is 352 g/mol. The Hall–Kier alpha value is -1.86. The van der Waals surface area contributed by atoms with Crippen molar-refractivity contribution in [2.24, 2.45) is 0 Å². The van der Waals surface area contributed by atoms with Gasteiger partial charge in [0.25, 0.3) is 0 Å². The topological polar surface area (TPSA) is 72.1 Å². The fraction of sp³-hybridized carbons (Fsp3) is 0. The highest BCUT2D eigenvalue weighted by atomic mass is 79.9. The van der Waals surface area contributed by atoms with E-state index in [-0.39, 0.29) is 10.6 Å². The van der Waals surface area contributed by atoms with Gasteiger partial charge in [0.15, 0.2) is 0 Å². The molecule has 0 radical (unpaired) electrons. The summed E-state index contributed by atoms with van der Waals surface area (Å²) in [5, 5.41) is 0. The lowest BCUT2D eigenvalue weighted by molar-refractivity contribution is 0.486. The maximum atomic E-state index is 12.2. The minimum Gasteiger partial charge on any atom is -0.379 e. The highest BCUT2D eigenvalue weighted by Crippen LogP contribution is 2.23. The maximum absolute atomic E-state index is 12.2. The number of hydrogen-bond acceptors (Lipinski definition) is 4. The summed E-state index contributed by atoms with van der Waals surface area (Å²) in [6.45, 7) is 0. The van der Waals surface area contributed by atoms with Crippen LogP contribution >= 0.6 is 15.9 Å². The molecule has 1 heterocycles. The average molecular weight is 353 g/mol. The first-order valence-corrected chi connectivity index (χ1v) is 7.88. The Morgan fingerprint density at radius 1 is 1.15 bits per heavy atom. The molecule has 0 unspecified atom stereocenters. The quantitative estimate of drug-likeness (QED) is 0.735. The third-order valence-electron chi connectivity index (χ3n) is 2.68. The summed E-state index contributed by atoms with van der Waals surface area (Å²) in [4.78, 5) is 6.98. The molecular formula is C13H9BrN2O3S. The number of nitrogens with one attached hydrogen (secondary N) is 1. The molecule has 3 aromatic rings. The van der Waals surface area contributed by atoms with Gasteiger partial charge in [-0.3, -0.25) is 0 Å². The average Bonchev–Trinajstić information content (AvgIpc) is 2.85. The van der Waals surface area contributed by atoms with Gasteiger partial charge in [0.05, 0.1) is 17.4 Å². The molecule has 0 saturated heterocycles. The zero-order valence-corrected chi connectivity index (χ0v) is 12.5. The van der Waals surface area contributed by atoms with E-state index in [0.29, 0.717) is 11.0 Å². The number of rotatable bonds is 3. The zero-order valence-electron chi connectivity index (χ0n) is 10.1. The van der Waals surface area contributed by atoms with Crippen LogP contribution in [0.2, 0.25) is 0 Å². The number of aromatic amines is 1. The van der Waals surface area contributed by atoms with Gasteiger partial charge in [-0.25, -0.2) is 4.98 Å². The second kappa shape index (κ2) is 4.92. The van der Waals surface area contributed by atoms with Crippen LogP contribution in [0, 0.1) is 0 Å². The molecule has 102 valence electrons. The van der Waals surface area contributed by atoms with Crippen molar-refractivity contribution in [3.63, 3.8) is 0 Å². The van der Waals surface area contributed by atoms with Crippen molar-refractivity contribution in [2.45, 2.75) is 4.90 Å². The molecule has 0 bridgehead atoms. The van der Waals surface area contributed by atoms with Crippen LogP contribution in [-0.4, -0.2) is 18.4 Å². The number of aromatic nitrogens is 2. The second-order valence-corrected chi connectivity index (χ2v) is 6.54. The fourth-order valence-corrected chi connectivity index (χ4v) is 3.09. The summed E-state index contributed by atoms with van der Waals surface area (Å²) in [6.07, 6.45) is 1.51. The van der Waals surface area contributed by atoms with Crippen molar-refractivity contribution in [3.8, 4) is 5.75 Å². The van der Waals surface area contributed by atoms with Crippen molar-refractivity contribution >= 4 is 37.1 Å². The van der Waals surface area contributed by atoms with Crippen molar-refractivity contribution in [1.82, 2.24) is 9.97 Å². The molecule has 0 atom stereocenters. The Morgan fingerprint density at radius 3 is 2.80 bits per heavy atom. The largest absolute Gasteiger partial charge is 0.379 e. The van der Waals surface area contributed by atoms with Crippen LogP contribution in [0.3, 0.4) is 0 Å². The van der Waals surface area contributed by atoms with E-state index >= 15 is 0 Å². The number of halogens is 1. The molecule has 7 heteroatoms. The van der Waals surface area contributed by atoms with Crippen molar-refractivity contribution in [1.29, 1.82) is 0 Å². The van der Waals surface area contributed by atoms with Gasteiger partial charge in [-0.2, -0.15) is 8.42 Å². The van der Waals surface area contributed by atoms with Crippen molar-refractivity contribution < 1.29 is 12.6 Å². The molecule has 0 saturated carbocycles. The number of imidazole rings is 1. The van der Waals surface area contributed by atoms with Crippen LogP contribution in [0.15, 0.2) is 58.2 Å². The number of H-pyrrole nitrogens is 1. The lowest BCUT2D eigenvalue weighted by atomic mass is 10.3. The Balaban J connectivity index is 1.98. The number of nitrogens with zero attached hydrogens (tertiary/aromatic N) is 1. The van der Waals surface area contributed by atoms with Crippen LogP contribution in [-0.2, 0) is 10.1 Å². The Bertz CT molecular complexity index is 874. The summed E-state index contributed by atoms with van der Waals surface area (Å²) in [5.74, 6) is 0.254. The van der Waals surface area contributed by atoms with Crippen LogP contribution in [0.5, 0.6) is 5.75 Å². The molecular weight excluding hydrogens is 344 g/mol. The lowest BCUT2D eigenvalue weighted by Gasteiger charge is -2.07. The smallest absolute Gasteiger partial charge is 0.339 e. The third-order valence-corrected chi connectivity index (χ3v) is 4.42. The summed E-state index contributed by atoms with van der Waals surface area (Å²) in [7, 11) is -3.87. The normalized spacial score (nSPS) is 11.7. The van der Waals surface area contributed by atoms with Crippen molar-refractivity contribution in [3.05, 3.63) is 53.3 Å². The Morgan fingerprint density at radius 2 is 2.00 bits per heavy atom. The van der Waals surface area contributed by atoms with Crippen molar-refractivity contribution in [2.75, 3.05) is 0 Å². The minimum absolute atomic E-state index is 0.0780. The summed E-state index contributed by atoms with van der Waals surface area (Å²) >= 11 is 3.27. The fourth-order valence-electron chi connectivity index (χ4n) is 1.76. The molecule has 0 amide bonds. The standard InChI is InChI=1S/C13H9BrN2O3S/c14-9-2-1-3-10(6-9)19-20(17,18)11-4-5-12-13(7-11)16-8-15-12/h1-8H,(H,15,16). The molecule has 0 aliphatic rings. The first-order valence-electron chi connectivity index (χ1n) is 5.68. The lowest BCUT2D eigenvalue weighted by Crippen LogP contribution is -2.09. The van der Waals surface area contributed by atoms with E-state index in [1.807, 2.05) is 0 Å². The Kier molecular flexibility index (Phi) is 3.23. The van der Waals surface area contributed by atoms with Crippen LogP contribution in [0.25, 0.3) is 11.0 Å². The number of fused-ring (bicyclic) bond motifs is 1. The molecule has 1 aromatic heterocycles. The van der Waals surface area contributed by atoms with Gasteiger partial charge in [0.1, 0.15) is 10.6 Å². The van der Waals surface area contributed by atoms with E-state index in [4.69, 9.17) is 4.18 Å². The zero-order chi connectivity index (χ0) is 14.2. The molecule has 0 spiro atoms. The number of benzene rings is 2. The van der Waals surface area contributed by atoms with Gasteiger partial charge in [-0.05, 0) is 36.4 Å². The first kappa shape index (κ1) is 13.1. The summed E-state index contributed by atoms with van der Waals surface area (Å²) in [5.41, 5.74) is 1.34. The summed E-state index contributed by atoms with van der Waals surface area (Å²) < 4.78 is 30.3. The highest BCUT2D eigenvalue weighted by Gasteiger charge is 2.17. The maximum Gasteiger partial charge on any atom is 0.339 e. The Labute approximate surface area is 123 Å². The molecule has 0 aliphatic heterocycles. The van der Waals surface area contributed by atoms with E-state index in [9.17, 15) is 8.42 Å². The first-order chi connectivity index (χ1) is 9.54. The van der Waals surface area contributed by atoms with E-state index in [1.54, 1.807) is 30.3 Å². The van der Waals surface area contributed by atoms with Gasteiger partial charge in [-0.1, -0.05) is 22.0 Å². The van der Waals surface area contributed by atoms with Gasteiger partial charge < -0.3 is 9.17 Å². The van der Waals surface area contributed by atoms with E-state index in [2.05, 4.69) is 25.9 Å². The molecule has 20 heavy (non-hydrogen) atoms. The minimum atomic E-state index is -3.87.